The zero-order valence-corrected chi connectivity index (χ0v) is 13.3. The molecular formula is C13H13IN4O3. The van der Waals surface area contributed by atoms with E-state index in [1.807, 2.05) is 22.6 Å². The predicted octanol–water partition coefficient (Wildman–Crippen LogP) is 1.08. The normalized spacial score (nSPS) is 10.2. The number of benzene rings is 1. The molecule has 7 nitrogen and oxygen atoms in total. The second-order valence-corrected chi connectivity index (χ2v) is 5.34. The van der Waals surface area contributed by atoms with Gasteiger partial charge in [-0.1, -0.05) is 0 Å². The van der Waals surface area contributed by atoms with Gasteiger partial charge in [0.25, 0.3) is 5.56 Å². The summed E-state index contributed by atoms with van der Waals surface area (Å²) < 4.78 is 6.82. The van der Waals surface area contributed by atoms with Gasteiger partial charge in [-0.05, 0) is 40.8 Å². The molecule has 0 aliphatic carbocycles. The number of nitrogens with one attached hydrogen (secondary N) is 1. The van der Waals surface area contributed by atoms with Crippen molar-refractivity contribution in [2.45, 2.75) is 6.54 Å². The lowest BCUT2D eigenvalue weighted by Gasteiger charge is -2.11. The van der Waals surface area contributed by atoms with E-state index in [0.29, 0.717) is 20.7 Å². The molecule has 0 saturated heterocycles. The Morgan fingerprint density at radius 2 is 2.29 bits per heavy atom. The van der Waals surface area contributed by atoms with Gasteiger partial charge in [0.05, 0.1) is 22.7 Å². The molecule has 0 aliphatic heterocycles. The maximum absolute atomic E-state index is 12.0. The van der Waals surface area contributed by atoms with E-state index in [9.17, 15) is 9.59 Å². The number of rotatable bonds is 4. The van der Waals surface area contributed by atoms with Crippen LogP contribution in [0.5, 0.6) is 5.75 Å². The Morgan fingerprint density at radius 1 is 1.52 bits per heavy atom. The first-order valence-electron chi connectivity index (χ1n) is 5.94. The summed E-state index contributed by atoms with van der Waals surface area (Å²) in [6, 6.07) is 4.92. The summed E-state index contributed by atoms with van der Waals surface area (Å²) in [6.45, 7) is -0.138. The van der Waals surface area contributed by atoms with E-state index >= 15 is 0 Å². The van der Waals surface area contributed by atoms with Crippen molar-refractivity contribution in [3.63, 3.8) is 0 Å². The fourth-order valence-corrected chi connectivity index (χ4v) is 2.18. The number of methoxy groups -OCH3 is 1. The van der Waals surface area contributed by atoms with Crippen molar-refractivity contribution in [2.75, 3.05) is 18.2 Å². The van der Waals surface area contributed by atoms with Crippen LogP contribution in [0.15, 0.2) is 35.5 Å². The first kappa shape index (κ1) is 15.3. The van der Waals surface area contributed by atoms with Gasteiger partial charge in [0.15, 0.2) is 0 Å². The van der Waals surface area contributed by atoms with Crippen molar-refractivity contribution < 1.29 is 9.53 Å². The number of carbonyl (C=O) groups is 1. The molecule has 1 aromatic carbocycles. The first-order valence-corrected chi connectivity index (χ1v) is 7.02. The van der Waals surface area contributed by atoms with Crippen LogP contribution in [0.1, 0.15) is 0 Å². The largest absolute Gasteiger partial charge is 0.495 e. The lowest BCUT2D eigenvalue weighted by molar-refractivity contribution is -0.116. The average Bonchev–Trinajstić information content (AvgIpc) is 2.44. The quantitative estimate of drug-likeness (QED) is 0.591. The van der Waals surface area contributed by atoms with E-state index in [0.717, 1.165) is 0 Å². The summed E-state index contributed by atoms with van der Waals surface area (Å²) in [5.41, 5.74) is 6.37. The Labute approximate surface area is 134 Å². The minimum atomic E-state index is -0.371. The summed E-state index contributed by atoms with van der Waals surface area (Å²) in [7, 11) is 1.50. The number of hydrogen-bond donors (Lipinski definition) is 2. The lowest BCUT2D eigenvalue weighted by atomic mass is 10.2. The molecule has 8 heteroatoms. The van der Waals surface area contributed by atoms with E-state index < -0.39 is 0 Å². The molecular weight excluding hydrogens is 387 g/mol. The van der Waals surface area contributed by atoms with Crippen molar-refractivity contribution >= 4 is 39.9 Å². The topological polar surface area (TPSA) is 99.2 Å². The molecule has 0 aliphatic rings. The van der Waals surface area contributed by atoms with E-state index in [1.165, 1.54) is 24.2 Å². The summed E-state index contributed by atoms with van der Waals surface area (Å²) >= 11 is 1.87. The SMILES string of the molecule is COc1ccc(N)cc1NC(=O)Cn1cncc(I)c1=O. The number of amides is 1. The number of anilines is 2. The number of halogens is 1. The zero-order valence-electron chi connectivity index (χ0n) is 11.2. The highest BCUT2D eigenvalue weighted by atomic mass is 127. The third kappa shape index (κ3) is 3.72. The molecule has 21 heavy (non-hydrogen) atoms. The fourth-order valence-electron chi connectivity index (χ4n) is 1.70. The number of nitrogens with two attached hydrogens (primary N) is 1. The monoisotopic (exact) mass is 400 g/mol. The Kier molecular flexibility index (Phi) is 4.78. The van der Waals surface area contributed by atoms with Crippen LogP contribution in [0.4, 0.5) is 11.4 Å². The van der Waals surface area contributed by atoms with Gasteiger partial charge in [0.2, 0.25) is 5.91 Å². The van der Waals surface area contributed by atoms with Crippen molar-refractivity contribution in [1.29, 1.82) is 0 Å². The van der Waals surface area contributed by atoms with Gasteiger partial charge >= 0.3 is 0 Å². The highest BCUT2D eigenvalue weighted by Crippen LogP contribution is 2.26. The minimum absolute atomic E-state index is 0.138. The number of nitrogen functional groups attached to an aromatic ring is 1. The minimum Gasteiger partial charge on any atom is -0.495 e. The van der Waals surface area contributed by atoms with Crippen LogP contribution in [0.25, 0.3) is 0 Å². The van der Waals surface area contributed by atoms with Gasteiger partial charge in [0, 0.05) is 11.9 Å². The van der Waals surface area contributed by atoms with Crippen molar-refractivity contribution in [2.24, 2.45) is 0 Å². The molecule has 3 N–H and O–H groups in total. The van der Waals surface area contributed by atoms with Crippen LogP contribution in [0.2, 0.25) is 0 Å². The van der Waals surface area contributed by atoms with Gasteiger partial charge in [-0.2, -0.15) is 0 Å². The van der Waals surface area contributed by atoms with Gasteiger partial charge < -0.3 is 15.8 Å². The summed E-state index contributed by atoms with van der Waals surface area (Å²) in [5.74, 6) is 0.121. The molecule has 0 atom stereocenters. The molecule has 1 aromatic heterocycles. The van der Waals surface area contributed by atoms with Crippen LogP contribution in [-0.2, 0) is 11.3 Å². The molecule has 0 spiro atoms. The molecule has 0 fully saturated rings. The first-order chi connectivity index (χ1) is 10.0. The Balaban J connectivity index is 2.17. The average molecular weight is 400 g/mol. The molecule has 0 saturated carbocycles. The van der Waals surface area contributed by atoms with Crippen LogP contribution in [0.3, 0.4) is 0 Å². The van der Waals surface area contributed by atoms with Gasteiger partial charge in [0.1, 0.15) is 12.3 Å². The molecule has 0 bridgehead atoms. The third-order valence-corrected chi connectivity index (χ3v) is 3.41. The van der Waals surface area contributed by atoms with E-state index in [2.05, 4.69) is 10.3 Å². The van der Waals surface area contributed by atoms with Crippen LogP contribution in [-0.4, -0.2) is 22.6 Å². The molecule has 1 amide bonds. The summed E-state index contributed by atoms with van der Waals surface area (Å²) in [6.07, 6.45) is 2.76. The van der Waals surface area contributed by atoms with Gasteiger partial charge in [-0.3, -0.25) is 14.2 Å². The number of hydrogen-bond acceptors (Lipinski definition) is 5. The number of carbonyl (C=O) groups excluding carboxylic acids is 1. The second-order valence-electron chi connectivity index (χ2n) is 4.18. The Morgan fingerprint density at radius 3 is 3.00 bits per heavy atom. The maximum Gasteiger partial charge on any atom is 0.267 e. The van der Waals surface area contributed by atoms with Crippen LogP contribution in [0, 0.1) is 3.57 Å². The predicted molar refractivity (Wildman–Crippen MR) is 87.3 cm³/mol. The fraction of sp³-hybridized carbons (Fsp3) is 0.154. The third-order valence-electron chi connectivity index (χ3n) is 2.67. The van der Waals surface area contributed by atoms with Crippen LogP contribution < -0.4 is 21.3 Å². The van der Waals surface area contributed by atoms with Crippen molar-refractivity contribution in [3.8, 4) is 5.75 Å². The maximum atomic E-state index is 12.0. The summed E-state index contributed by atoms with van der Waals surface area (Å²) in [4.78, 5) is 27.7. The van der Waals surface area contributed by atoms with Crippen molar-refractivity contribution in [3.05, 3.63) is 44.6 Å². The van der Waals surface area contributed by atoms with Crippen molar-refractivity contribution in [1.82, 2.24) is 9.55 Å². The van der Waals surface area contributed by atoms with Gasteiger partial charge in [-0.25, -0.2) is 4.98 Å². The van der Waals surface area contributed by atoms with E-state index in [4.69, 9.17) is 10.5 Å². The summed E-state index contributed by atoms with van der Waals surface area (Å²) in [5, 5.41) is 2.66. The second kappa shape index (κ2) is 6.57. The van der Waals surface area contributed by atoms with Crippen LogP contribution >= 0.6 is 22.6 Å². The number of nitrogens with zero attached hydrogens (tertiary/aromatic N) is 2. The standard InChI is InChI=1S/C13H13IN4O3/c1-21-11-3-2-8(15)4-10(11)17-12(19)6-18-7-16-5-9(14)13(18)20/h2-5,7H,6,15H2,1H3,(H,17,19). The van der Waals surface area contributed by atoms with E-state index in [-0.39, 0.29) is 18.0 Å². The Hall–Kier alpha value is -2.10. The molecule has 110 valence electrons. The highest BCUT2D eigenvalue weighted by Gasteiger charge is 2.10. The van der Waals surface area contributed by atoms with E-state index in [1.54, 1.807) is 18.2 Å². The zero-order chi connectivity index (χ0) is 15.4. The smallest absolute Gasteiger partial charge is 0.267 e. The molecule has 0 unspecified atom stereocenters. The molecule has 2 aromatic rings. The number of aromatic nitrogens is 2. The number of ether oxygens (including phenoxy) is 1. The Bertz CT molecular complexity index is 730. The molecule has 0 radical (unpaired) electrons. The highest BCUT2D eigenvalue weighted by molar-refractivity contribution is 14.1. The van der Waals surface area contributed by atoms with Gasteiger partial charge in [-0.15, -0.1) is 0 Å². The molecule has 1 heterocycles. The molecule has 2 rings (SSSR count). The lowest BCUT2D eigenvalue weighted by Crippen LogP contribution is -2.29.